The van der Waals surface area contributed by atoms with Crippen molar-refractivity contribution in [2.45, 2.75) is 51.3 Å². The summed E-state index contributed by atoms with van der Waals surface area (Å²) in [5, 5.41) is 17.5. The third kappa shape index (κ3) is 4.31. The molecule has 3 aromatic heterocycles. The van der Waals surface area contributed by atoms with Crippen LogP contribution in [0.4, 0.5) is 17.5 Å². The van der Waals surface area contributed by atoms with Crippen LogP contribution in [0.3, 0.4) is 0 Å². The molecule has 1 fully saturated rings. The molecule has 0 bridgehead atoms. The summed E-state index contributed by atoms with van der Waals surface area (Å²) >= 11 is 0. The average Bonchev–Trinajstić information content (AvgIpc) is 3.19. The van der Waals surface area contributed by atoms with E-state index in [-0.39, 0.29) is 12.1 Å². The average molecular weight is 436 g/mol. The summed E-state index contributed by atoms with van der Waals surface area (Å²) < 4.78 is 5.82. The van der Waals surface area contributed by atoms with E-state index in [1.165, 1.54) is 5.56 Å². The first-order chi connectivity index (χ1) is 15.6. The Balaban J connectivity index is 1.46. The molecule has 1 aliphatic heterocycles. The normalized spacial score (nSPS) is 20.8. The summed E-state index contributed by atoms with van der Waals surface area (Å²) in [4.78, 5) is 20.8. The number of pyridine rings is 2. The molecule has 5 rings (SSSR count). The van der Waals surface area contributed by atoms with Crippen molar-refractivity contribution in [1.29, 1.82) is 0 Å². The van der Waals surface area contributed by atoms with Crippen molar-refractivity contribution in [3.05, 3.63) is 35.8 Å². The molecule has 0 saturated heterocycles. The van der Waals surface area contributed by atoms with E-state index in [1.807, 2.05) is 13.0 Å². The second-order valence-corrected chi connectivity index (χ2v) is 8.59. The Labute approximate surface area is 187 Å². The molecule has 0 spiro atoms. The lowest BCUT2D eigenvalue weighted by Gasteiger charge is -2.25. The van der Waals surface area contributed by atoms with Gasteiger partial charge in [-0.15, -0.1) is 0 Å². The first-order valence-corrected chi connectivity index (χ1v) is 11.3. The molecule has 0 radical (unpaired) electrons. The molecule has 0 amide bonds. The van der Waals surface area contributed by atoms with Gasteiger partial charge in [0.2, 0.25) is 11.8 Å². The Hall–Kier alpha value is -3.04. The zero-order valence-corrected chi connectivity index (χ0v) is 18.5. The molecule has 3 N–H and O–H groups in total. The van der Waals surface area contributed by atoms with Crippen LogP contribution >= 0.6 is 0 Å². The first kappa shape index (κ1) is 20.8. The zero-order chi connectivity index (χ0) is 22.1. The van der Waals surface area contributed by atoms with Crippen molar-refractivity contribution < 1.29 is 9.84 Å². The van der Waals surface area contributed by atoms with E-state index in [4.69, 9.17) is 14.7 Å². The Morgan fingerprint density at radius 1 is 1.25 bits per heavy atom. The summed E-state index contributed by atoms with van der Waals surface area (Å²) in [6.07, 6.45) is 6.66. The monoisotopic (exact) mass is 435 g/mol. The number of aliphatic hydroxyl groups excluding tert-OH is 1. The fourth-order valence-corrected chi connectivity index (χ4v) is 4.45. The minimum atomic E-state index is -0.248. The highest BCUT2D eigenvalue weighted by Crippen LogP contribution is 2.31. The lowest BCUT2D eigenvalue weighted by Crippen LogP contribution is -2.27. The number of likely N-dealkylation sites (N-methyl/N-ethyl adjacent to an activating group) is 1. The molecule has 168 valence electrons. The second-order valence-electron chi connectivity index (χ2n) is 8.59. The van der Waals surface area contributed by atoms with Gasteiger partial charge in [0.05, 0.1) is 18.4 Å². The largest absolute Gasteiger partial charge is 0.476 e. The van der Waals surface area contributed by atoms with Crippen molar-refractivity contribution >= 4 is 28.4 Å². The number of nitrogens with one attached hydrogen (secondary N) is 2. The third-order valence-electron chi connectivity index (χ3n) is 6.10. The summed E-state index contributed by atoms with van der Waals surface area (Å²) in [5.41, 5.74) is 3.79. The topological polar surface area (TPSA) is 108 Å². The van der Waals surface area contributed by atoms with E-state index >= 15 is 0 Å². The number of hydrogen-bond acceptors (Lipinski definition) is 9. The molecule has 1 aliphatic carbocycles. The number of rotatable bonds is 6. The Morgan fingerprint density at radius 2 is 2.16 bits per heavy atom. The van der Waals surface area contributed by atoms with Gasteiger partial charge in [-0.3, -0.25) is 0 Å². The number of aromatic nitrogens is 4. The van der Waals surface area contributed by atoms with E-state index in [0.717, 1.165) is 61.1 Å². The highest BCUT2D eigenvalue weighted by atomic mass is 16.5. The smallest absolute Gasteiger partial charge is 0.238 e. The van der Waals surface area contributed by atoms with Crippen molar-refractivity contribution in [1.82, 2.24) is 24.8 Å². The molecule has 2 atom stereocenters. The molecule has 1 saturated carbocycles. The van der Waals surface area contributed by atoms with Crippen LogP contribution in [0.25, 0.3) is 10.9 Å². The quantitative estimate of drug-likeness (QED) is 0.538. The fourth-order valence-electron chi connectivity index (χ4n) is 4.45. The highest BCUT2D eigenvalue weighted by molar-refractivity contribution is 5.88. The van der Waals surface area contributed by atoms with Crippen LogP contribution in [0.5, 0.6) is 5.88 Å². The van der Waals surface area contributed by atoms with Gasteiger partial charge in [0.15, 0.2) is 5.82 Å². The van der Waals surface area contributed by atoms with Gasteiger partial charge in [0.25, 0.3) is 0 Å². The van der Waals surface area contributed by atoms with Crippen LogP contribution in [-0.2, 0) is 13.0 Å². The molecule has 2 aliphatic rings. The summed E-state index contributed by atoms with van der Waals surface area (Å²) in [6, 6.07) is 4.19. The van der Waals surface area contributed by atoms with Gasteiger partial charge in [-0.1, -0.05) is 0 Å². The SMILES string of the molecule is CCOc1nc2c(cc1Nc1ncc3ccnc(N[C@H]4CC[C@@H](O)C4)c3n1)CN(C)CC2. The maximum atomic E-state index is 9.85. The zero-order valence-electron chi connectivity index (χ0n) is 18.5. The van der Waals surface area contributed by atoms with Crippen LogP contribution < -0.4 is 15.4 Å². The summed E-state index contributed by atoms with van der Waals surface area (Å²) in [6.45, 7) is 4.33. The van der Waals surface area contributed by atoms with Crippen LogP contribution in [0, 0.1) is 0 Å². The maximum Gasteiger partial charge on any atom is 0.238 e. The number of aliphatic hydroxyl groups is 1. The van der Waals surface area contributed by atoms with Gasteiger partial charge < -0.3 is 25.4 Å². The molecular formula is C23H29N7O2. The van der Waals surface area contributed by atoms with Crippen molar-refractivity contribution in [3.63, 3.8) is 0 Å². The standard InChI is InChI=1S/C23H29N7O2/c1-3-32-22-19(10-15-13-30(2)9-7-18(15)27-22)28-23-25-12-14-6-8-24-21(20(14)29-23)26-16-4-5-17(31)11-16/h6,8,10,12,16-17,31H,3-5,7,9,11,13H2,1-2H3,(H,24,26)(H,25,28,29)/t16-,17+/m0/s1. The van der Waals surface area contributed by atoms with Crippen LogP contribution in [-0.4, -0.2) is 62.3 Å². The van der Waals surface area contributed by atoms with Gasteiger partial charge in [-0.2, -0.15) is 0 Å². The summed E-state index contributed by atoms with van der Waals surface area (Å²) in [7, 11) is 2.11. The molecule has 9 heteroatoms. The van der Waals surface area contributed by atoms with Gasteiger partial charge in [-0.05, 0) is 50.9 Å². The fraction of sp³-hybridized carbons (Fsp3) is 0.478. The lowest BCUT2D eigenvalue weighted by molar-refractivity contribution is 0.182. The molecule has 0 unspecified atom stereocenters. The van der Waals surface area contributed by atoms with E-state index in [9.17, 15) is 5.11 Å². The number of fused-ring (bicyclic) bond motifs is 2. The third-order valence-corrected chi connectivity index (χ3v) is 6.10. The van der Waals surface area contributed by atoms with Gasteiger partial charge in [-0.25, -0.2) is 19.9 Å². The molecular weight excluding hydrogens is 406 g/mol. The van der Waals surface area contributed by atoms with Crippen LogP contribution in [0.2, 0.25) is 0 Å². The van der Waals surface area contributed by atoms with Crippen molar-refractivity contribution in [2.75, 3.05) is 30.8 Å². The Morgan fingerprint density at radius 3 is 2.97 bits per heavy atom. The molecule has 3 aromatic rings. The molecule has 9 nitrogen and oxygen atoms in total. The van der Waals surface area contributed by atoms with Gasteiger partial charge in [0.1, 0.15) is 11.2 Å². The number of anilines is 3. The Kier molecular flexibility index (Phi) is 5.75. The number of nitrogens with zero attached hydrogens (tertiary/aromatic N) is 5. The minimum Gasteiger partial charge on any atom is -0.476 e. The minimum absolute atomic E-state index is 0.195. The molecule has 4 heterocycles. The van der Waals surface area contributed by atoms with Crippen molar-refractivity contribution in [3.8, 4) is 5.88 Å². The van der Waals surface area contributed by atoms with Crippen molar-refractivity contribution in [2.24, 2.45) is 0 Å². The number of ether oxygens (including phenoxy) is 1. The predicted molar refractivity (Wildman–Crippen MR) is 123 cm³/mol. The lowest BCUT2D eigenvalue weighted by atomic mass is 10.1. The van der Waals surface area contributed by atoms with Gasteiger partial charge in [0, 0.05) is 43.3 Å². The number of hydrogen-bond donors (Lipinski definition) is 3. The van der Waals surface area contributed by atoms with E-state index in [1.54, 1.807) is 12.4 Å². The van der Waals surface area contributed by atoms with E-state index in [2.05, 4.69) is 38.6 Å². The van der Waals surface area contributed by atoms with Gasteiger partial charge >= 0.3 is 0 Å². The molecule has 0 aromatic carbocycles. The van der Waals surface area contributed by atoms with Crippen LogP contribution in [0.15, 0.2) is 24.5 Å². The highest BCUT2D eigenvalue weighted by Gasteiger charge is 2.24. The summed E-state index contributed by atoms with van der Waals surface area (Å²) in [5.74, 6) is 1.75. The maximum absolute atomic E-state index is 9.85. The Bertz CT molecular complexity index is 1120. The van der Waals surface area contributed by atoms with E-state index < -0.39 is 0 Å². The second kappa shape index (κ2) is 8.84. The predicted octanol–water partition coefficient (Wildman–Crippen LogP) is 2.88. The molecule has 32 heavy (non-hydrogen) atoms. The van der Waals surface area contributed by atoms with E-state index in [0.29, 0.717) is 24.3 Å². The first-order valence-electron chi connectivity index (χ1n) is 11.3. The van der Waals surface area contributed by atoms with Crippen LogP contribution in [0.1, 0.15) is 37.4 Å².